The van der Waals surface area contributed by atoms with E-state index in [1.165, 1.54) is 0 Å². The van der Waals surface area contributed by atoms with Gasteiger partial charge in [-0.2, -0.15) is 0 Å². The maximum atomic E-state index is 13.3. The van der Waals surface area contributed by atoms with Crippen molar-refractivity contribution in [3.05, 3.63) is 83.9 Å². The first-order valence-corrected chi connectivity index (χ1v) is 13.8. The van der Waals surface area contributed by atoms with Crippen LogP contribution in [0.2, 0.25) is 5.02 Å². The van der Waals surface area contributed by atoms with Gasteiger partial charge >= 0.3 is 0 Å². The van der Waals surface area contributed by atoms with E-state index in [-0.39, 0.29) is 30.7 Å². The average molecular weight is 562 g/mol. The Labute approximate surface area is 238 Å². The summed E-state index contributed by atoms with van der Waals surface area (Å²) in [6.45, 7) is 3.98. The molecule has 9 nitrogen and oxygen atoms in total. The molecule has 208 valence electrons. The Morgan fingerprint density at radius 3 is 2.25 bits per heavy atom. The van der Waals surface area contributed by atoms with Gasteiger partial charge in [0.1, 0.15) is 17.5 Å². The van der Waals surface area contributed by atoms with Gasteiger partial charge in [0.05, 0.1) is 13.0 Å². The van der Waals surface area contributed by atoms with Crippen LogP contribution >= 0.6 is 11.6 Å². The molecule has 0 bridgehead atoms. The third-order valence-electron chi connectivity index (χ3n) is 7.07. The minimum atomic E-state index is -0.850. The molecule has 0 spiro atoms. The Kier molecular flexibility index (Phi) is 8.83. The van der Waals surface area contributed by atoms with Crippen molar-refractivity contribution >= 4 is 40.7 Å². The molecule has 2 heterocycles. The van der Waals surface area contributed by atoms with Crippen molar-refractivity contribution in [2.45, 2.75) is 12.5 Å². The van der Waals surface area contributed by atoms with Crippen molar-refractivity contribution in [3.63, 3.8) is 0 Å². The molecule has 10 heteroatoms. The predicted octanol–water partition coefficient (Wildman–Crippen LogP) is 3.61. The van der Waals surface area contributed by atoms with E-state index < -0.39 is 6.04 Å². The number of rotatable bonds is 8. The molecule has 0 aliphatic carbocycles. The zero-order chi connectivity index (χ0) is 27.9. The van der Waals surface area contributed by atoms with Crippen LogP contribution < -0.4 is 20.3 Å². The van der Waals surface area contributed by atoms with Gasteiger partial charge in [0, 0.05) is 55.7 Å². The Hall–Kier alpha value is -4.08. The number of amides is 3. The molecule has 3 amide bonds. The third-order valence-corrected chi connectivity index (χ3v) is 7.32. The lowest BCUT2D eigenvalue weighted by atomic mass is 10.1. The molecular weight excluding hydrogens is 530 g/mol. The predicted molar refractivity (Wildman–Crippen MR) is 155 cm³/mol. The summed E-state index contributed by atoms with van der Waals surface area (Å²) < 4.78 is 5.79. The first-order valence-electron chi connectivity index (χ1n) is 13.4. The molecule has 3 aromatic carbocycles. The van der Waals surface area contributed by atoms with Gasteiger partial charge in [0.2, 0.25) is 17.7 Å². The molecule has 40 heavy (non-hydrogen) atoms. The van der Waals surface area contributed by atoms with Crippen molar-refractivity contribution in [2.75, 3.05) is 56.0 Å². The van der Waals surface area contributed by atoms with E-state index in [1.807, 2.05) is 54.6 Å². The maximum Gasteiger partial charge on any atom is 0.243 e. The van der Waals surface area contributed by atoms with Gasteiger partial charge in [-0.15, -0.1) is 0 Å². The molecule has 2 fully saturated rings. The number of benzene rings is 3. The van der Waals surface area contributed by atoms with Gasteiger partial charge in [-0.25, -0.2) is 0 Å². The highest BCUT2D eigenvalue weighted by Gasteiger charge is 2.35. The van der Waals surface area contributed by atoms with Crippen LogP contribution in [0, 0.1) is 0 Å². The molecular formula is C30H32ClN5O4. The van der Waals surface area contributed by atoms with Crippen LogP contribution in [0.15, 0.2) is 78.9 Å². The number of nitrogens with one attached hydrogen (secondary N) is 2. The number of hydrogen-bond acceptors (Lipinski definition) is 6. The van der Waals surface area contributed by atoms with E-state index in [0.29, 0.717) is 29.5 Å². The van der Waals surface area contributed by atoms with Crippen LogP contribution in [0.4, 0.5) is 11.4 Å². The van der Waals surface area contributed by atoms with E-state index in [0.717, 1.165) is 37.6 Å². The summed E-state index contributed by atoms with van der Waals surface area (Å²) in [4.78, 5) is 44.7. The largest absolute Gasteiger partial charge is 0.457 e. The standard InChI is InChI=1S/C30H32ClN5O4/c31-22-6-10-24(11-7-22)35-18-16-34(17-19-35)21-29(38)36-15-14-32-30(39)27(36)20-28(37)33-23-8-12-26(13-9-23)40-25-4-2-1-3-5-25/h1-13,27H,14-21H2,(H,32,39)(H,33,37)/t27-/m0/s1. The fraction of sp³-hybridized carbons (Fsp3) is 0.300. The highest BCUT2D eigenvalue weighted by molar-refractivity contribution is 6.30. The van der Waals surface area contributed by atoms with Crippen LogP contribution in [-0.4, -0.2) is 79.4 Å². The van der Waals surface area contributed by atoms with Gasteiger partial charge < -0.3 is 25.2 Å². The van der Waals surface area contributed by atoms with E-state index in [9.17, 15) is 14.4 Å². The quantitative estimate of drug-likeness (QED) is 0.436. The number of anilines is 2. The van der Waals surface area contributed by atoms with Crippen molar-refractivity contribution in [2.24, 2.45) is 0 Å². The summed E-state index contributed by atoms with van der Waals surface area (Å²) in [6.07, 6.45) is -0.121. The Balaban J connectivity index is 1.13. The zero-order valence-corrected chi connectivity index (χ0v) is 22.8. The van der Waals surface area contributed by atoms with Crippen molar-refractivity contribution in [3.8, 4) is 11.5 Å². The summed E-state index contributed by atoms with van der Waals surface area (Å²) in [5.74, 6) is 0.564. The number of halogens is 1. The minimum absolute atomic E-state index is 0.121. The molecule has 0 unspecified atom stereocenters. The zero-order valence-electron chi connectivity index (χ0n) is 22.1. The second-order valence-corrected chi connectivity index (χ2v) is 10.3. The number of carbonyl (C=O) groups excluding carboxylic acids is 3. The second-order valence-electron chi connectivity index (χ2n) is 9.83. The van der Waals surface area contributed by atoms with Gasteiger partial charge in [-0.1, -0.05) is 29.8 Å². The lowest BCUT2D eigenvalue weighted by Crippen LogP contribution is -2.60. The van der Waals surface area contributed by atoms with Crippen LogP contribution in [0.3, 0.4) is 0 Å². The Morgan fingerprint density at radius 2 is 1.55 bits per heavy atom. The van der Waals surface area contributed by atoms with Crippen LogP contribution in [0.25, 0.3) is 0 Å². The SMILES string of the molecule is O=C(C[C@H]1C(=O)NCCN1C(=O)CN1CCN(c2ccc(Cl)cc2)CC1)Nc1ccc(Oc2ccccc2)cc1. The fourth-order valence-corrected chi connectivity index (χ4v) is 5.06. The molecule has 2 N–H and O–H groups in total. The van der Waals surface area contributed by atoms with Gasteiger partial charge in [-0.3, -0.25) is 19.3 Å². The number of hydrogen-bond donors (Lipinski definition) is 2. The number of para-hydroxylation sites is 1. The second kappa shape index (κ2) is 12.8. The summed E-state index contributed by atoms with van der Waals surface area (Å²) >= 11 is 6.00. The Bertz CT molecular complexity index is 1310. The normalized spacial score (nSPS) is 17.7. The molecule has 2 saturated heterocycles. The molecule has 0 saturated carbocycles. The molecule has 1 atom stereocenters. The monoisotopic (exact) mass is 561 g/mol. The number of piperazine rings is 2. The minimum Gasteiger partial charge on any atom is -0.457 e. The Morgan fingerprint density at radius 1 is 0.875 bits per heavy atom. The van der Waals surface area contributed by atoms with Gasteiger partial charge in [0.15, 0.2) is 0 Å². The fourth-order valence-electron chi connectivity index (χ4n) is 4.93. The third kappa shape index (κ3) is 7.11. The lowest BCUT2D eigenvalue weighted by molar-refractivity contribution is -0.145. The average Bonchev–Trinajstić information content (AvgIpc) is 2.96. The van der Waals surface area contributed by atoms with E-state index in [2.05, 4.69) is 20.4 Å². The van der Waals surface area contributed by atoms with Crippen molar-refractivity contribution < 1.29 is 19.1 Å². The van der Waals surface area contributed by atoms with Gasteiger partial charge in [-0.05, 0) is 60.7 Å². The van der Waals surface area contributed by atoms with Crippen molar-refractivity contribution in [1.29, 1.82) is 0 Å². The first kappa shape index (κ1) is 27.5. The highest BCUT2D eigenvalue weighted by Crippen LogP contribution is 2.23. The highest BCUT2D eigenvalue weighted by atomic mass is 35.5. The number of carbonyl (C=O) groups is 3. The van der Waals surface area contributed by atoms with E-state index in [4.69, 9.17) is 16.3 Å². The molecule has 2 aliphatic rings. The number of ether oxygens (including phenoxy) is 1. The van der Waals surface area contributed by atoms with E-state index >= 15 is 0 Å². The maximum absolute atomic E-state index is 13.3. The first-order chi connectivity index (χ1) is 19.4. The molecule has 0 radical (unpaired) electrons. The van der Waals surface area contributed by atoms with Crippen LogP contribution in [0.1, 0.15) is 6.42 Å². The summed E-state index contributed by atoms with van der Waals surface area (Å²) in [7, 11) is 0. The molecule has 0 aromatic heterocycles. The molecule has 5 rings (SSSR count). The topological polar surface area (TPSA) is 94.2 Å². The molecule has 2 aliphatic heterocycles. The van der Waals surface area contributed by atoms with E-state index in [1.54, 1.807) is 29.2 Å². The summed E-state index contributed by atoms with van der Waals surface area (Å²) in [5.41, 5.74) is 1.69. The lowest BCUT2D eigenvalue weighted by Gasteiger charge is -2.39. The number of nitrogens with zero attached hydrogens (tertiary/aromatic N) is 3. The van der Waals surface area contributed by atoms with Crippen LogP contribution in [-0.2, 0) is 14.4 Å². The smallest absolute Gasteiger partial charge is 0.243 e. The molecule has 3 aromatic rings. The summed E-state index contributed by atoms with van der Waals surface area (Å²) in [5, 5.41) is 6.32. The van der Waals surface area contributed by atoms with Gasteiger partial charge in [0.25, 0.3) is 0 Å². The van der Waals surface area contributed by atoms with Crippen LogP contribution in [0.5, 0.6) is 11.5 Å². The van der Waals surface area contributed by atoms with Crippen molar-refractivity contribution in [1.82, 2.24) is 15.1 Å². The summed E-state index contributed by atoms with van der Waals surface area (Å²) in [6, 6.07) is 23.3.